The van der Waals surface area contributed by atoms with Gasteiger partial charge in [0.15, 0.2) is 0 Å². The Labute approximate surface area is 132 Å². The fourth-order valence-corrected chi connectivity index (χ4v) is 3.51. The van der Waals surface area contributed by atoms with Crippen molar-refractivity contribution in [3.8, 4) is 0 Å². The fraction of sp³-hybridized carbons (Fsp3) is 0.167. The first kappa shape index (κ1) is 14.7. The number of amides is 1. The topological polar surface area (TPSA) is 20.3 Å². The summed E-state index contributed by atoms with van der Waals surface area (Å²) >= 11 is 1.47. The molecular formula is C18H16FNOS. The summed E-state index contributed by atoms with van der Waals surface area (Å²) in [6.45, 7) is 1.84. The highest BCUT2D eigenvalue weighted by Gasteiger charge is 2.22. The van der Waals surface area contributed by atoms with Crippen LogP contribution < -0.4 is 0 Å². The molecule has 22 heavy (non-hydrogen) atoms. The minimum absolute atomic E-state index is 0.0862. The molecule has 0 saturated carbocycles. The molecule has 1 atom stereocenters. The number of rotatable bonds is 3. The van der Waals surface area contributed by atoms with E-state index in [1.54, 1.807) is 30.1 Å². The minimum atomic E-state index is -0.320. The summed E-state index contributed by atoms with van der Waals surface area (Å²) in [6.07, 6.45) is 0. The highest BCUT2D eigenvalue weighted by Crippen LogP contribution is 2.29. The number of hydrogen-bond acceptors (Lipinski definition) is 2. The van der Waals surface area contributed by atoms with Crippen LogP contribution in [0.2, 0.25) is 0 Å². The lowest BCUT2D eigenvalue weighted by Gasteiger charge is -2.25. The van der Waals surface area contributed by atoms with E-state index in [2.05, 4.69) is 0 Å². The number of carbonyl (C=O) groups excluding carboxylic acids is 1. The molecule has 0 aliphatic heterocycles. The summed E-state index contributed by atoms with van der Waals surface area (Å²) in [5.74, 6) is -0.372. The molecule has 112 valence electrons. The van der Waals surface area contributed by atoms with Crippen LogP contribution in [0.25, 0.3) is 10.1 Å². The number of fused-ring (bicyclic) bond motifs is 1. The molecule has 1 amide bonds. The van der Waals surface area contributed by atoms with Crippen LogP contribution >= 0.6 is 11.3 Å². The van der Waals surface area contributed by atoms with Gasteiger partial charge in [-0.2, -0.15) is 0 Å². The average Bonchev–Trinajstić information content (AvgIpc) is 2.97. The predicted molar refractivity (Wildman–Crippen MR) is 88.7 cm³/mol. The lowest BCUT2D eigenvalue weighted by atomic mass is 10.1. The lowest BCUT2D eigenvalue weighted by molar-refractivity contribution is 0.0745. The first-order valence-corrected chi connectivity index (χ1v) is 7.89. The Balaban J connectivity index is 1.89. The maximum absolute atomic E-state index is 13.9. The van der Waals surface area contributed by atoms with E-state index < -0.39 is 0 Å². The summed E-state index contributed by atoms with van der Waals surface area (Å²) in [4.78, 5) is 14.9. The molecule has 0 radical (unpaired) electrons. The zero-order valence-corrected chi connectivity index (χ0v) is 13.2. The van der Waals surface area contributed by atoms with Crippen molar-refractivity contribution >= 4 is 27.3 Å². The Bertz CT molecular complexity index is 794. The van der Waals surface area contributed by atoms with Crippen molar-refractivity contribution in [1.29, 1.82) is 0 Å². The Morgan fingerprint density at radius 1 is 1.14 bits per heavy atom. The van der Waals surface area contributed by atoms with E-state index >= 15 is 0 Å². The molecule has 0 bridgehead atoms. The van der Waals surface area contributed by atoms with E-state index in [0.29, 0.717) is 10.4 Å². The molecule has 2 aromatic carbocycles. The zero-order valence-electron chi connectivity index (χ0n) is 12.4. The number of thiophene rings is 1. The lowest BCUT2D eigenvalue weighted by Crippen LogP contribution is -2.29. The molecule has 0 aliphatic rings. The Morgan fingerprint density at radius 2 is 1.82 bits per heavy atom. The third-order valence-corrected chi connectivity index (χ3v) is 5.00. The monoisotopic (exact) mass is 313 g/mol. The van der Waals surface area contributed by atoms with Gasteiger partial charge in [-0.15, -0.1) is 11.3 Å². The summed E-state index contributed by atoms with van der Waals surface area (Å²) in [7, 11) is 1.71. The Hall–Kier alpha value is -2.20. The number of benzene rings is 2. The number of halogens is 1. The number of nitrogens with zero attached hydrogens (tertiary/aromatic N) is 1. The molecule has 0 N–H and O–H groups in total. The van der Waals surface area contributed by atoms with Crippen LogP contribution in [0.4, 0.5) is 4.39 Å². The molecule has 0 saturated heterocycles. The Morgan fingerprint density at radius 3 is 2.55 bits per heavy atom. The number of hydrogen-bond donors (Lipinski definition) is 0. The van der Waals surface area contributed by atoms with Crippen LogP contribution in [0.3, 0.4) is 0 Å². The van der Waals surface area contributed by atoms with Gasteiger partial charge in [0.25, 0.3) is 5.91 Å². The second-order valence-corrected chi connectivity index (χ2v) is 6.35. The molecule has 3 aromatic rings. The summed E-state index contributed by atoms with van der Waals surface area (Å²) < 4.78 is 15.0. The van der Waals surface area contributed by atoms with E-state index in [4.69, 9.17) is 0 Å². The van der Waals surface area contributed by atoms with E-state index in [9.17, 15) is 9.18 Å². The van der Waals surface area contributed by atoms with Gasteiger partial charge in [-0.1, -0.05) is 36.4 Å². The van der Waals surface area contributed by atoms with Crippen molar-refractivity contribution in [3.05, 3.63) is 70.9 Å². The molecule has 0 aliphatic carbocycles. The molecule has 2 nitrogen and oxygen atoms in total. The Kier molecular flexibility index (Phi) is 3.94. The maximum atomic E-state index is 13.9. The maximum Gasteiger partial charge on any atom is 0.264 e. The highest BCUT2D eigenvalue weighted by atomic mass is 32.1. The van der Waals surface area contributed by atoms with Crippen LogP contribution in [-0.2, 0) is 0 Å². The first-order chi connectivity index (χ1) is 10.6. The van der Waals surface area contributed by atoms with E-state index in [1.165, 1.54) is 17.4 Å². The smallest absolute Gasteiger partial charge is 0.264 e. The van der Waals surface area contributed by atoms with Crippen LogP contribution in [0.1, 0.15) is 28.2 Å². The van der Waals surface area contributed by atoms with Crippen molar-refractivity contribution in [2.45, 2.75) is 13.0 Å². The molecule has 1 aromatic heterocycles. The first-order valence-electron chi connectivity index (χ1n) is 7.08. The second-order valence-electron chi connectivity index (χ2n) is 5.26. The van der Waals surface area contributed by atoms with Crippen LogP contribution in [0.5, 0.6) is 0 Å². The van der Waals surface area contributed by atoms with Crippen molar-refractivity contribution in [2.75, 3.05) is 7.05 Å². The van der Waals surface area contributed by atoms with Gasteiger partial charge in [-0.05, 0) is 30.5 Å². The molecule has 3 rings (SSSR count). The fourth-order valence-electron chi connectivity index (χ4n) is 2.46. The van der Waals surface area contributed by atoms with Crippen LogP contribution in [-0.4, -0.2) is 17.9 Å². The molecule has 0 spiro atoms. The standard InChI is InChI=1S/C18H16FNOS/c1-12(14-8-4-5-9-15(14)19)20(2)18(21)17-11-13-7-3-6-10-16(13)22-17/h3-12H,1-2H3. The highest BCUT2D eigenvalue weighted by molar-refractivity contribution is 7.20. The van der Waals surface area contributed by atoms with E-state index in [0.717, 1.165) is 10.1 Å². The van der Waals surface area contributed by atoms with Crippen molar-refractivity contribution < 1.29 is 9.18 Å². The third kappa shape index (κ3) is 2.62. The van der Waals surface area contributed by atoms with Gasteiger partial charge in [-0.3, -0.25) is 4.79 Å². The molecule has 1 heterocycles. The predicted octanol–water partition coefficient (Wildman–Crippen LogP) is 4.87. The molecule has 1 unspecified atom stereocenters. The molecule has 4 heteroatoms. The molecular weight excluding hydrogens is 297 g/mol. The zero-order chi connectivity index (χ0) is 15.7. The summed E-state index contributed by atoms with van der Waals surface area (Å²) in [5, 5.41) is 1.06. The van der Waals surface area contributed by atoms with Gasteiger partial charge in [0, 0.05) is 17.3 Å². The van der Waals surface area contributed by atoms with Gasteiger partial charge >= 0.3 is 0 Å². The SMILES string of the molecule is CC(c1ccccc1F)N(C)C(=O)c1cc2ccccc2s1. The third-order valence-electron chi connectivity index (χ3n) is 3.89. The van der Waals surface area contributed by atoms with Crippen LogP contribution in [0, 0.1) is 5.82 Å². The van der Waals surface area contributed by atoms with Gasteiger partial charge in [-0.25, -0.2) is 4.39 Å². The number of carbonyl (C=O) groups is 1. The average molecular weight is 313 g/mol. The van der Waals surface area contributed by atoms with Crippen molar-refractivity contribution in [2.24, 2.45) is 0 Å². The van der Waals surface area contributed by atoms with Crippen molar-refractivity contribution in [1.82, 2.24) is 4.90 Å². The van der Waals surface area contributed by atoms with Gasteiger partial charge in [0.2, 0.25) is 0 Å². The quantitative estimate of drug-likeness (QED) is 0.675. The van der Waals surface area contributed by atoms with Crippen molar-refractivity contribution in [3.63, 3.8) is 0 Å². The minimum Gasteiger partial charge on any atom is -0.334 e. The normalized spacial score (nSPS) is 12.3. The van der Waals surface area contributed by atoms with Gasteiger partial charge in [0.05, 0.1) is 10.9 Å². The van der Waals surface area contributed by atoms with Gasteiger partial charge in [0.1, 0.15) is 5.82 Å². The summed E-state index contributed by atoms with van der Waals surface area (Å²) in [6, 6.07) is 16.0. The van der Waals surface area contributed by atoms with Crippen LogP contribution in [0.15, 0.2) is 54.6 Å². The van der Waals surface area contributed by atoms with E-state index in [-0.39, 0.29) is 17.8 Å². The molecule has 0 fully saturated rings. The van der Waals surface area contributed by atoms with E-state index in [1.807, 2.05) is 37.3 Å². The second kappa shape index (κ2) is 5.89. The largest absolute Gasteiger partial charge is 0.334 e. The van der Waals surface area contributed by atoms with Gasteiger partial charge < -0.3 is 4.90 Å². The summed E-state index contributed by atoms with van der Waals surface area (Å²) in [5.41, 5.74) is 0.527.